The number of nitrogens with one attached hydrogen (secondary N) is 1. The van der Waals surface area contributed by atoms with Crippen LogP contribution in [0.25, 0.3) is 10.2 Å². The number of rotatable bonds is 3. The fourth-order valence-electron chi connectivity index (χ4n) is 3.04. The van der Waals surface area contributed by atoms with Crippen LogP contribution in [0, 0.1) is 5.92 Å². The SMILES string of the molecule is O=C(Nc1cccnc1)C1CCCN(c2nc3ccccc3s2)C1. The van der Waals surface area contributed by atoms with Crippen LogP contribution < -0.4 is 10.2 Å². The number of benzene rings is 1. The predicted octanol–water partition coefficient (Wildman–Crippen LogP) is 3.55. The molecule has 3 heterocycles. The first-order valence-electron chi connectivity index (χ1n) is 8.11. The number of carbonyl (C=O) groups is 1. The molecule has 0 aliphatic carbocycles. The minimum absolute atomic E-state index is 0.0223. The number of aromatic nitrogens is 2. The van der Waals surface area contributed by atoms with Crippen LogP contribution in [0.3, 0.4) is 0 Å². The van der Waals surface area contributed by atoms with Gasteiger partial charge in [0.05, 0.1) is 28.0 Å². The van der Waals surface area contributed by atoms with Gasteiger partial charge in [0.1, 0.15) is 0 Å². The monoisotopic (exact) mass is 338 g/mol. The largest absolute Gasteiger partial charge is 0.347 e. The number of fused-ring (bicyclic) bond motifs is 1. The zero-order valence-corrected chi connectivity index (χ0v) is 14.0. The van der Waals surface area contributed by atoms with Crippen molar-refractivity contribution in [2.24, 2.45) is 5.92 Å². The fourth-order valence-corrected chi connectivity index (χ4v) is 4.04. The summed E-state index contributed by atoms with van der Waals surface area (Å²) in [6.45, 7) is 1.67. The van der Waals surface area contributed by atoms with Gasteiger partial charge >= 0.3 is 0 Å². The van der Waals surface area contributed by atoms with Crippen molar-refractivity contribution in [3.8, 4) is 0 Å². The van der Waals surface area contributed by atoms with E-state index < -0.39 is 0 Å². The van der Waals surface area contributed by atoms with E-state index in [0.717, 1.165) is 35.7 Å². The van der Waals surface area contributed by atoms with Crippen LogP contribution in [0.2, 0.25) is 0 Å². The van der Waals surface area contributed by atoms with Gasteiger partial charge in [-0.05, 0) is 37.1 Å². The number of anilines is 2. The third kappa shape index (κ3) is 3.10. The van der Waals surface area contributed by atoms with E-state index in [2.05, 4.69) is 21.3 Å². The quantitative estimate of drug-likeness (QED) is 0.793. The molecule has 3 aromatic rings. The second-order valence-electron chi connectivity index (χ2n) is 5.98. The molecule has 122 valence electrons. The molecule has 6 heteroatoms. The Labute approximate surface area is 144 Å². The number of hydrogen-bond acceptors (Lipinski definition) is 5. The van der Waals surface area contributed by atoms with Gasteiger partial charge in [-0.3, -0.25) is 9.78 Å². The average molecular weight is 338 g/mol. The summed E-state index contributed by atoms with van der Waals surface area (Å²) >= 11 is 1.69. The van der Waals surface area contributed by atoms with Crippen LogP contribution >= 0.6 is 11.3 Å². The van der Waals surface area contributed by atoms with Gasteiger partial charge in [0, 0.05) is 19.3 Å². The lowest BCUT2D eigenvalue weighted by Gasteiger charge is -2.31. The molecule has 1 fully saturated rings. The number of pyridine rings is 1. The first kappa shape index (κ1) is 15.1. The second kappa shape index (κ2) is 6.57. The lowest BCUT2D eigenvalue weighted by Crippen LogP contribution is -2.40. The van der Waals surface area contributed by atoms with E-state index in [-0.39, 0.29) is 11.8 Å². The van der Waals surface area contributed by atoms with E-state index >= 15 is 0 Å². The zero-order chi connectivity index (χ0) is 16.4. The third-order valence-corrected chi connectivity index (χ3v) is 5.37. The van der Waals surface area contributed by atoms with Crippen LogP contribution in [-0.2, 0) is 4.79 Å². The van der Waals surface area contributed by atoms with E-state index in [1.54, 1.807) is 23.7 Å². The molecule has 1 atom stereocenters. The highest BCUT2D eigenvalue weighted by atomic mass is 32.1. The minimum atomic E-state index is -0.0223. The molecule has 5 nitrogen and oxygen atoms in total. The molecule has 0 saturated carbocycles. The number of hydrogen-bond donors (Lipinski definition) is 1. The number of thiazole rings is 1. The van der Waals surface area contributed by atoms with Crippen molar-refractivity contribution in [1.82, 2.24) is 9.97 Å². The van der Waals surface area contributed by atoms with Crippen molar-refractivity contribution in [2.45, 2.75) is 12.8 Å². The number of piperidine rings is 1. The van der Waals surface area contributed by atoms with Gasteiger partial charge in [0.2, 0.25) is 5.91 Å². The Morgan fingerprint density at radius 1 is 1.25 bits per heavy atom. The zero-order valence-electron chi connectivity index (χ0n) is 13.2. The summed E-state index contributed by atoms with van der Waals surface area (Å²) in [5, 5.41) is 3.97. The summed E-state index contributed by atoms with van der Waals surface area (Å²) in [5.41, 5.74) is 1.78. The minimum Gasteiger partial charge on any atom is -0.347 e. The third-order valence-electron chi connectivity index (χ3n) is 4.27. The van der Waals surface area contributed by atoms with Crippen LogP contribution in [-0.4, -0.2) is 29.0 Å². The van der Waals surface area contributed by atoms with Crippen molar-refractivity contribution in [3.63, 3.8) is 0 Å². The molecule has 1 N–H and O–H groups in total. The summed E-state index contributed by atoms with van der Waals surface area (Å²) in [6, 6.07) is 11.8. The number of carbonyl (C=O) groups excluding carboxylic acids is 1. The molecular formula is C18H18N4OS. The molecule has 2 aromatic heterocycles. The maximum Gasteiger partial charge on any atom is 0.229 e. The van der Waals surface area contributed by atoms with Crippen molar-refractivity contribution in [2.75, 3.05) is 23.3 Å². The second-order valence-corrected chi connectivity index (χ2v) is 6.99. The molecule has 1 aromatic carbocycles. The van der Waals surface area contributed by atoms with Gasteiger partial charge in [-0.15, -0.1) is 0 Å². The molecule has 0 radical (unpaired) electrons. The predicted molar refractivity (Wildman–Crippen MR) is 97.4 cm³/mol. The van der Waals surface area contributed by atoms with E-state index in [1.165, 1.54) is 4.70 Å². The summed E-state index contributed by atoms with van der Waals surface area (Å²) in [6.07, 6.45) is 5.28. The van der Waals surface area contributed by atoms with Crippen molar-refractivity contribution < 1.29 is 4.79 Å². The molecule has 1 saturated heterocycles. The normalized spacial score (nSPS) is 17.8. The molecule has 1 amide bonds. The summed E-state index contributed by atoms with van der Waals surface area (Å²) in [7, 11) is 0. The lowest BCUT2D eigenvalue weighted by atomic mass is 9.97. The standard InChI is InChI=1S/C18H18N4OS/c23-17(20-14-6-3-9-19-11-14)13-5-4-10-22(12-13)18-21-15-7-1-2-8-16(15)24-18/h1-3,6-9,11,13H,4-5,10,12H2,(H,20,23). The van der Waals surface area contributed by atoms with E-state index in [1.807, 2.05) is 30.3 Å². The number of amides is 1. The van der Waals surface area contributed by atoms with Gasteiger partial charge in [-0.2, -0.15) is 0 Å². The molecule has 1 unspecified atom stereocenters. The van der Waals surface area contributed by atoms with Gasteiger partial charge in [-0.1, -0.05) is 23.5 Å². The van der Waals surface area contributed by atoms with E-state index in [0.29, 0.717) is 6.54 Å². The van der Waals surface area contributed by atoms with Crippen molar-refractivity contribution in [1.29, 1.82) is 0 Å². The van der Waals surface area contributed by atoms with Gasteiger partial charge in [0.15, 0.2) is 5.13 Å². The first-order chi connectivity index (χ1) is 11.8. The van der Waals surface area contributed by atoms with Crippen LogP contribution in [0.15, 0.2) is 48.8 Å². The highest BCUT2D eigenvalue weighted by molar-refractivity contribution is 7.22. The first-order valence-corrected chi connectivity index (χ1v) is 8.93. The van der Waals surface area contributed by atoms with Crippen LogP contribution in [0.5, 0.6) is 0 Å². The van der Waals surface area contributed by atoms with E-state index in [4.69, 9.17) is 4.98 Å². The van der Waals surface area contributed by atoms with Gasteiger partial charge in [0.25, 0.3) is 0 Å². The van der Waals surface area contributed by atoms with Crippen LogP contribution in [0.4, 0.5) is 10.8 Å². The Morgan fingerprint density at radius 2 is 2.17 bits per heavy atom. The number of nitrogens with zero attached hydrogens (tertiary/aromatic N) is 3. The Hall–Kier alpha value is -2.47. The Morgan fingerprint density at radius 3 is 3.00 bits per heavy atom. The Balaban J connectivity index is 1.48. The van der Waals surface area contributed by atoms with Gasteiger partial charge in [-0.25, -0.2) is 4.98 Å². The molecule has 0 spiro atoms. The summed E-state index contributed by atoms with van der Waals surface area (Å²) < 4.78 is 1.19. The molecule has 1 aliphatic heterocycles. The smallest absolute Gasteiger partial charge is 0.229 e. The number of para-hydroxylation sites is 1. The fraction of sp³-hybridized carbons (Fsp3) is 0.278. The van der Waals surface area contributed by atoms with Gasteiger partial charge < -0.3 is 10.2 Å². The Bertz CT molecular complexity index is 815. The molecule has 4 rings (SSSR count). The summed E-state index contributed by atoms with van der Waals surface area (Å²) in [5.74, 6) is 0.0415. The molecule has 1 aliphatic rings. The Kier molecular flexibility index (Phi) is 4.13. The average Bonchev–Trinajstić information content (AvgIpc) is 3.07. The highest BCUT2D eigenvalue weighted by Gasteiger charge is 2.27. The lowest BCUT2D eigenvalue weighted by molar-refractivity contribution is -0.120. The van der Waals surface area contributed by atoms with Crippen molar-refractivity contribution in [3.05, 3.63) is 48.8 Å². The van der Waals surface area contributed by atoms with E-state index in [9.17, 15) is 4.79 Å². The molecule has 0 bridgehead atoms. The maximum absolute atomic E-state index is 12.5. The topological polar surface area (TPSA) is 58.1 Å². The highest BCUT2D eigenvalue weighted by Crippen LogP contribution is 2.31. The van der Waals surface area contributed by atoms with Crippen molar-refractivity contribution >= 4 is 38.3 Å². The summed E-state index contributed by atoms with van der Waals surface area (Å²) in [4.78, 5) is 23.5. The van der Waals surface area contributed by atoms with Crippen LogP contribution in [0.1, 0.15) is 12.8 Å². The molecule has 24 heavy (non-hydrogen) atoms. The maximum atomic E-state index is 12.5. The molecular weight excluding hydrogens is 320 g/mol.